The molecule has 1 atom stereocenters. The lowest BCUT2D eigenvalue weighted by Crippen LogP contribution is -2.41. The van der Waals surface area contributed by atoms with E-state index in [1.165, 1.54) is 7.11 Å². The van der Waals surface area contributed by atoms with E-state index in [1.807, 2.05) is 6.07 Å². The number of nitrogens with zero attached hydrogens (tertiary/aromatic N) is 2. The maximum atomic E-state index is 13.1. The Labute approximate surface area is 162 Å². The maximum absolute atomic E-state index is 13.1. The third kappa shape index (κ3) is 3.30. The molecular formula is C20H22N2O6. The Morgan fingerprint density at radius 1 is 1.21 bits per heavy atom. The van der Waals surface area contributed by atoms with Gasteiger partial charge >= 0.3 is 5.97 Å². The SMILES string of the molecule is COc1cc2c(cc1OC)C(CC(=O)O)N(C(=O)c1cc(C3CC3)on1)CC2. The zero-order valence-electron chi connectivity index (χ0n) is 15.8. The molecule has 1 N–H and O–H groups in total. The molecular weight excluding hydrogens is 364 g/mol. The van der Waals surface area contributed by atoms with Gasteiger partial charge in [0, 0.05) is 18.5 Å². The van der Waals surface area contributed by atoms with Crippen molar-refractivity contribution in [3.63, 3.8) is 0 Å². The number of hydrogen-bond donors (Lipinski definition) is 1. The number of methoxy groups -OCH3 is 2. The molecule has 1 aromatic heterocycles. The Hall–Kier alpha value is -3.03. The van der Waals surface area contributed by atoms with Crippen LogP contribution in [0.1, 0.15) is 58.6 Å². The van der Waals surface area contributed by atoms with Crippen molar-refractivity contribution in [2.24, 2.45) is 0 Å². The van der Waals surface area contributed by atoms with Crippen LogP contribution in [0, 0.1) is 0 Å². The minimum Gasteiger partial charge on any atom is -0.493 e. The second-order valence-electron chi connectivity index (χ2n) is 7.16. The fourth-order valence-corrected chi connectivity index (χ4v) is 3.75. The summed E-state index contributed by atoms with van der Waals surface area (Å²) in [5.41, 5.74) is 1.93. The van der Waals surface area contributed by atoms with Gasteiger partial charge < -0.3 is 24.0 Å². The number of carbonyl (C=O) groups is 2. The quantitative estimate of drug-likeness (QED) is 0.814. The highest BCUT2D eigenvalue weighted by molar-refractivity contribution is 5.93. The predicted molar refractivity (Wildman–Crippen MR) is 97.8 cm³/mol. The lowest BCUT2D eigenvalue weighted by atomic mass is 9.89. The topological polar surface area (TPSA) is 102 Å². The van der Waals surface area contributed by atoms with Crippen molar-refractivity contribution in [1.29, 1.82) is 0 Å². The average molecular weight is 386 g/mol. The first-order valence-electron chi connectivity index (χ1n) is 9.26. The molecule has 1 aliphatic heterocycles. The van der Waals surface area contributed by atoms with E-state index in [-0.39, 0.29) is 18.0 Å². The number of fused-ring (bicyclic) bond motifs is 1. The number of carbonyl (C=O) groups excluding carboxylic acids is 1. The Kier molecular flexibility index (Phi) is 4.70. The number of hydrogen-bond acceptors (Lipinski definition) is 6. The molecule has 0 saturated heterocycles. The van der Waals surface area contributed by atoms with Crippen LogP contribution in [0.2, 0.25) is 0 Å². The number of carboxylic acid groups (broad SMARTS) is 1. The van der Waals surface area contributed by atoms with Crippen LogP contribution in [0.3, 0.4) is 0 Å². The Morgan fingerprint density at radius 2 is 1.93 bits per heavy atom. The van der Waals surface area contributed by atoms with E-state index < -0.39 is 12.0 Å². The first kappa shape index (κ1) is 18.3. The summed E-state index contributed by atoms with van der Waals surface area (Å²) in [5, 5.41) is 13.4. The van der Waals surface area contributed by atoms with Gasteiger partial charge in [0.2, 0.25) is 0 Å². The minimum atomic E-state index is -0.982. The van der Waals surface area contributed by atoms with Crippen LogP contribution in [-0.2, 0) is 11.2 Å². The van der Waals surface area contributed by atoms with Gasteiger partial charge in [0.1, 0.15) is 5.76 Å². The molecule has 2 heterocycles. The molecule has 0 radical (unpaired) electrons. The number of amides is 1. The normalized spacial score (nSPS) is 18.5. The van der Waals surface area contributed by atoms with Crippen LogP contribution >= 0.6 is 0 Å². The fraction of sp³-hybridized carbons (Fsp3) is 0.450. The van der Waals surface area contributed by atoms with Crippen LogP contribution in [-0.4, -0.2) is 47.8 Å². The second kappa shape index (κ2) is 7.18. The van der Waals surface area contributed by atoms with Crippen molar-refractivity contribution < 1.29 is 28.7 Å². The predicted octanol–water partition coefficient (Wildman–Crippen LogP) is 2.78. The monoisotopic (exact) mass is 386 g/mol. The number of aliphatic carboxylic acids is 1. The maximum Gasteiger partial charge on any atom is 0.305 e. The molecule has 0 bridgehead atoms. The molecule has 1 saturated carbocycles. The molecule has 0 spiro atoms. The number of carboxylic acids is 1. The van der Waals surface area contributed by atoms with Crippen LogP contribution < -0.4 is 9.47 Å². The molecule has 1 aliphatic carbocycles. The summed E-state index contributed by atoms with van der Waals surface area (Å²) >= 11 is 0. The summed E-state index contributed by atoms with van der Waals surface area (Å²) in [6.07, 6.45) is 2.47. The molecule has 148 valence electrons. The van der Waals surface area contributed by atoms with E-state index in [2.05, 4.69) is 5.16 Å². The zero-order chi connectivity index (χ0) is 19.8. The summed E-state index contributed by atoms with van der Waals surface area (Å²) < 4.78 is 16.0. The van der Waals surface area contributed by atoms with Crippen LogP contribution in [0.4, 0.5) is 0 Å². The molecule has 8 heteroatoms. The van der Waals surface area contributed by atoms with Gasteiger partial charge in [-0.3, -0.25) is 9.59 Å². The number of rotatable bonds is 6. The Morgan fingerprint density at radius 3 is 2.57 bits per heavy atom. The van der Waals surface area contributed by atoms with Crippen molar-refractivity contribution in [3.05, 3.63) is 40.8 Å². The summed E-state index contributed by atoms with van der Waals surface area (Å²) in [5.74, 6) is 0.861. The smallest absolute Gasteiger partial charge is 0.305 e. The number of aromatic nitrogens is 1. The lowest BCUT2D eigenvalue weighted by Gasteiger charge is -2.36. The molecule has 4 rings (SSSR count). The zero-order valence-corrected chi connectivity index (χ0v) is 15.8. The van der Waals surface area contributed by atoms with Crippen molar-refractivity contribution in [2.45, 2.75) is 37.6 Å². The summed E-state index contributed by atoms with van der Waals surface area (Å²) in [7, 11) is 3.08. The molecule has 1 aromatic carbocycles. The van der Waals surface area contributed by atoms with Gasteiger partial charge in [-0.2, -0.15) is 0 Å². The highest BCUT2D eigenvalue weighted by atomic mass is 16.5. The third-order valence-electron chi connectivity index (χ3n) is 5.36. The average Bonchev–Trinajstić information content (AvgIpc) is 3.43. The van der Waals surface area contributed by atoms with Gasteiger partial charge in [-0.25, -0.2) is 0 Å². The van der Waals surface area contributed by atoms with Crippen molar-refractivity contribution in [3.8, 4) is 11.5 Å². The standard InChI is InChI=1S/C20H22N2O6/c1-26-17-7-12-5-6-22(15(10-19(23)24)13(12)8-18(17)27-2)20(25)14-9-16(28-21-14)11-3-4-11/h7-9,11,15H,3-6,10H2,1-2H3,(H,23,24). The van der Waals surface area contributed by atoms with Crippen LogP contribution in [0.15, 0.2) is 22.7 Å². The van der Waals surface area contributed by atoms with Crippen LogP contribution in [0.25, 0.3) is 0 Å². The van der Waals surface area contributed by atoms with Gasteiger partial charge in [0.15, 0.2) is 17.2 Å². The van der Waals surface area contributed by atoms with Gasteiger partial charge in [-0.1, -0.05) is 5.16 Å². The highest BCUT2D eigenvalue weighted by Crippen LogP contribution is 2.42. The van der Waals surface area contributed by atoms with Crippen LogP contribution in [0.5, 0.6) is 11.5 Å². The third-order valence-corrected chi connectivity index (χ3v) is 5.36. The highest BCUT2D eigenvalue weighted by Gasteiger charge is 2.36. The largest absolute Gasteiger partial charge is 0.493 e. The Balaban J connectivity index is 1.69. The van der Waals surface area contributed by atoms with Crippen molar-refractivity contribution >= 4 is 11.9 Å². The van der Waals surface area contributed by atoms with Gasteiger partial charge in [-0.15, -0.1) is 0 Å². The Bertz CT molecular complexity index is 917. The summed E-state index contributed by atoms with van der Waals surface area (Å²) in [4.78, 5) is 26.2. The fourth-order valence-electron chi connectivity index (χ4n) is 3.75. The summed E-state index contributed by atoms with van der Waals surface area (Å²) in [6, 6.07) is 4.68. The number of benzene rings is 1. The first-order valence-corrected chi connectivity index (χ1v) is 9.26. The molecule has 1 unspecified atom stereocenters. The minimum absolute atomic E-state index is 0.207. The van der Waals surface area contributed by atoms with Crippen molar-refractivity contribution in [1.82, 2.24) is 10.1 Å². The number of ether oxygens (including phenoxy) is 2. The molecule has 1 amide bonds. The van der Waals surface area contributed by atoms with E-state index in [4.69, 9.17) is 14.0 Å². The molecule has 1 fully saturated rings. The van der Waals surface area contributed by atoms with E-state index in [0.717, 1.165) is 29.7 Å². The lowest BCUT2D eigenvalue weighted by molar-refractivity contribution is -0.138. The van der Waals surface area contributed by atoms with Crippen molar-refractivity contribution in [2.75, 3.05) is 20.8 Å². The van der Waals surface area contributed by atoms with E-state index in [9.17, 15) is 14.7 Å². The van der Waals surface area contributed by atoms with E-state index in [1.54, 1.807) is 24.1 Å². The van der Waals surface area contributed by atoms with E-state index >= 15 is 0 Å². The van der Waals surface area contributed by atoms with Gasteiger partial charge in [0.05, 0.1) is 26.7 Å². The van der Waals surface area contributed by atoms with Gasteiger partial charge in [-0.05, 0) is 42.5 Å². The molecule has 8 nitrogen and oxygen atoms in total. The van der Waals surface area contributed by atoms with E-state index in [0.29, 0.717) is 30.4 Å². The molecule has 2 aliphatic rings. The summed E-state index contributed by atoms with van der Waals surface area (Å²) in [6.45, 7) is 0.394. The second-order valence-corrected chi connectivity index (χ2v) is 7.16. The molecule has 28 heavy (non-hydrogen) atoms. The first-order chi connectivity index (χ1) is 13.5. The van der Waals surface area contributed by atoms with Gasteiger partial charge in [0.25, 0.3) is 5.91 Å². The molecule has 2 aromatic rings.